The number of benzene rings is 1. The number of nitrogens with two attached hydrogens (primary N) is 1. The van der Waals surface area contributed by atoms with Gasteiger partial charge in [0.15, 0.2) is 5.78 Å². The van der Waals surface area contributed by atoms with Crippen LogP contribution < -0.4 is 5.73 Å². The van der Waals surface area contributed by atoms with Crippen molar-refractivity contribution in [1.29, 1.82) is 0 Å². The minimum absolute atomic E-state index is 0.0760. The first-order valence-electron chi connectivity index (χ1n) is 7.43. The van der Waals surface area contributed by atoms with Crippen molar-refractivity contribution in [3.8, 4) is 0 Å². The van der Waals surface area contributed by atoms with Crippen LogP contribution in [0.2, 0.25) is 0 Å². The number of hydrogen-bond acceptors (Lipinski definition) is 4. The second-order valence-corrected chi connectivity index (χ2v) is 7.72. The molecule has 22 heavy (non-hydrogen) atoms. The van der Waals surface area contributed by atoms with E-state index in [1.807, 2.05) is 24.3 Å². The molecule has 0 fully saturated rings. The summed E-state index contributed by atoms with van der Waals surface area (Å²) < 4.78 is 30.1. The molecule has 0 amide bonds. The standard InChI is InChI=1S/C16H25NO4S/c1-11(2)10-13-4-6-14(7-5-13)12(3)16(18)15(17)8-9-22(19,20)21/h4-7,11-12,15H,8-10,17H2,1-3H3,(H,19,20,21). The van der Waals surface area contributed by atoms with Gasteiger partial charge in [0.2, 0.25) is 0 Å². The van der Waals surface area contributed by atoms with Crippen LogP contribution in [-0.4, -0.2) is 30.5 Å². The van der Waals surface area contributed by atoms with Crippen LogP contribution in [0.25, 0.3) is 0 Å². The van der Waals surface area contributed by atoms with Gasteiger partial charge in [-0.15, -0.1) is 0 Å². The van der Waals surface area contributed by atoms with E-state index >= 15 is 0 Å². The molecule has 1 aromatic carbocycles. The lowest BCUT2D eigenvalue weighted by Crippen LogP contribution is -2.35. The van der Waals surface area contributed by atoms with Crippen LogP contribution in [0.15, 0.2) is 24.3 Å². The Morgan fingerprint density at radius 3 is 2.18 bits per heavy atom. The Labute approximate surface area is 132 Å². The van der Waals surface area contributed by atoms with Gasteiger partial charge in [0, 0.05) is 5.92 Å². The molecule has 6 heteroatoms. The Morgan fingerprint density at radius 1 is 1.18 bits per heavy atom. The Kier molecular flexibility index (Phi) is 6.71. The largest absolute Gasteiger partial charge is 0.321 e. The number of hydrogen-bond donors (Lipinski definition) is 2. The highest BCUT2D eigenvalue weighted by atomic mass is 32.2. The van der Waals surface area contributed by atoms with E-state index in [1.165, 1.54) is 5.56 Å². The molecule has 0 radical (unpaired) electrons. The van der Waals surface area contributed by atoms with E-state index in [0.717, 1.165) is 12.0 Å². The van der Waals surface area contributed by atoms with Crippen molar-refractivity contribution in [2.45, 2.75) is 45.6 Å². The zero-order valence-electron chi connectivity index (χ0n) is 13.3. The summed E-state index contributed by atoms with van der Waals surface area (Å²) in [4.78, 5) is 12.2. The maximum atomic E-state index is 12.2. The van der Waals surface area contributed by atoms with Gasteiger partial charge < -0.3 is 5.73 Å². The normalized spacial score (nSPS) is 14.8. The minimum Gasteiger partial charge on any atom is -0.321 e. The maximum Gasteiger partial charge on any atom is 0.264 e. The zero-order valence-corrected chi connectivity index (χ0v) is 14.1. The van der Waals surface area contributed by atoms with E-state index in [9.17, 15) is 13.2 Å². The molecule has 0 aliphatic rings. The molecule has 0 heterocycles. The molecular weight excluding hydrogens is 302 g/mol. The van der Waals surface area contributed by atoms with Crippen LogP contribution in [0.4, 0.5) is 0 Å². The van der Waals surface area contributed by atoms with Crippen LogP contribution >= 0.6 is 0 Å². The number of Topliss-reactive ketones (excluding diaryl/α,β-unsaturated/α-hetero) is 1. The molecule has 5 nitrogen and oxygen atoms in total. The van der Waals surface area contributed by atoms with Crippen LogP contribution in [0.1, 0.15) is 44.2 Å². The Balaban J connectivity index is 2.69. The molecule has 2 unspecified atom stereocenters. The smallest absolute Gasteiger partial charge is 0.264 e. The second-order valence-electron chi connectivity index (χ2n) is 6.14. The molecule has 0 saturated heterocycles. The maximum absolute atomic E-state index is 12.2. The molecule has 1 rings (SSSR count). The molecule has 2 atom stereocenters. The fourth-order valence-electron chi connectivity index (χ4n) is 2.32. The molecule has 3 N–H and O–H groups in total. The third kappa shape index (κ3) is 6.25. The van der Waals surface area contributed by atoms with E-state index < -0.39 is 27.8 Å². The van der Waals surface area contributed by atoms with Crippen LogP contribution in [0.3, 0.4) is 0 Å². The first-order chi connectivity index (χ1) is 10.1. The van der Waals surface area contributed by atoms with Gasteiger partial charge in [-0.1, -0.05) is 45.0 Å². The van der Waals surface area contributed by atoms with Crippen LogP contribution in [0.5, 0.6) is 0 Å². The molecule has 0 bridgehead atoms. The zero-order chi connectivity index (χ0) is 16.9. The third-order valence-corrected chi connectivity index (χ3v) is 4.35. The quantitative estimate of drug-likeness (QED) is 0.713. The third-order valence-electron chi connectivity index (χ3n) is 3.60. The van der Waals surface area contributed by atoms with Gasteiger partial charge in [0.25, 0.3) is 10.1 Å². The Bertz CT molecular complexity index is 593. The van der Waals surface area contributed by atoms with Crippen molar-refractivity contribution in [3.63, 3.8) is 0 Å². The lowest BCUT2D eigenvalue weighted by Gasteiger charge is -2.16. The number of carbonyl (C=O) groups is 1. The fourth-order valence-corrected chi connectivity index (χ4v) is 2.87. The molecular formula is C16H25NO4S. The average molecular weight is 327 g/mol. The highest BCUT2D eigenvalue weighted by Gasteiger charge is 2.23. The van der Waals surface area contributed by atoms with Gasteiger partial charge in [-0.2, -0.15) is 8.42 Å². The lowest BCUT2D eigenvalue weighted by molar-refractivity contribution is -0.121. The summed E-state index contributed by atoms with van der Waals surface area (Å²) in [5.74, 6) is -0.552. The highest BCUT2D eigenvalue weighted by Crippen LogP contribution is 2.20. The predicted molar refractivity (Wildman–Crippen MR) is 87.4 cm³/mol. The summed E-state index contributed by atoms with van der Waals surface area (Å²) >= 11 is 0. The van der Waals surface area contributed by atoms with Crippen molar-refractivity contribution < 1.29 is 17.8 Å². The molecule has 1 aromatic rings. The highest BCUT2D eigenvalue weighted by molar-refractivity contribution is 7.85. The topological polar surface area (TPSA) is 97.5 Å². The van der Waals surface area contributed by atoms with Crippen molar-refractivity contribution in [2.75, 3.05) is 5.75 Å². The molecule has 0 aliphatic carbocycles. The van der Waals surface area contributed by atoms with E-state index in [1.54, 1.807) is 6.92 Å². The summed E-state index contributed by atoms with van der Waals surface area (Å²) in [5.41, 5.74) is 7.81. The molecule has 0 spiro atoms. The van der Waals surface area contributed by atoms with Gasteiger partial charge in [-0.05, 0) is 29.9 Å². The summed E-state index contributed by atoms with van der Waals surface area (Å²) in [5, 5.41) is 0. The van der Waals surface area contributed by atoms with E-state index in [4.69, 9.17) is 10.3 Å². The monoisotopic (exact) mass is 327 g/mol. The van der Waals surface area contributed by atoms with Gasteiger partial charge in [-0.3, -0.25) is 9.35 Å². The van der Waals surface area contributed by atoms with E-state index in [0.29, 0.717) is 5.92 Å². The van der Waals surface area contributed by atoms with E-state index in [2.05, 4.69) is 13.8 Å². The number of carbonyl (C=O) groups excluding carboxylic acids is 1. The van der Waals surface area contributed by atoms with Crippen molar-refractivity contribution in [2.24, 2.45) is 11.7 Å². The molecule has 124 valence electrons. The van der Waals surface area contributed by atoms with Crippen LogP contribution in [0, 0.1) is 5.92 Å². The SMILES string of the molecule is CC(C)Cc1ccc(C(C)C(=O)C(N)CCS(=O)(=O)O)cc1. The summed E-state index contributed by atoms with van der Waals surface area (Å²) in [6.07, 6.45) is 0.907. The molecule has 0 aliphatic heterocycles. The average Bonchev–Trinajstić information content (AvgIpc) is 2.42. The van der Waals surface area contributed by atoms with Crippen LogP contribution in [-0.2, 0) is 21.3 Å². The van der Waals surface area contributed by atoms with Gasteiger partial charge in [0.1, 0.15) is 0 Å². The fraction of sp³-hybridized carbons (Fsp3) is 0.562. The minimum atomic E-state index is -4.09. The predicted octanol–water partition coefficient (Wildman–Crippen LogP) is 2.16. The summed E-state index contributed by atoms with van der Waals surface area (Å²) in [6, 6.07) is 6.93. The first-order valence-corrected chi connectivity index (χ1v) is 9.04. The van der Waals surface area contributed by atoms with Crippen molar-refractivity contribution >= 4 is 15.9 Å². The van der Waals surface area contributed by atoms with Gasteiger partial charge >= 0.3 is 0 Å². The van der Waals surface area contributed by atoms with Crippen molar-refractivity contribution in [3.05, 3.63) is 35.4 Å². The summed E-state index contributed by atoms with van der Waals surface area (Å²) in [6.45, 7) is 6.05. The van der Waals surface area contributed by atoms with Gasteiger partial charge in [0.05, 0.1) is 11.8 Å². The second kappa shape index (κ2) is 7.85. The summed E-state index contributed by atoms with van der Waals surface area (Å²) in [7, 11) is -4.09. The molecule has 0 aromatic heterocycles. The number of ketones is 1. The lowest BCUT2D eigenvalue weighted by atomic mass is 9.90. The van der Waals surface area contributed by atoms with E-state index in [-0.39, 0.29) is 12.2 Å². The Morgan fingerprint density at radius 2 is 1.73 bits per heavy atom. The Hall–Kier alpha value is -1.24. The van der Waals surface area contributed by atoms with Gasteiger partial charge in [-0.25, -0.2) is 0 Å². The number of rotatable bonds is 8. The molecule has 0 saturated carbocycles. The first kappa shape index (κ1) is 18.8. The van der Waals surface area contributed by atoms with Crippen molar-refractivity contribution in [1.82, 2.24) is 0 Å².